The summed E-state index contributed by atoms with van der Waals surface area (Å²) >= 11 is 0. The van der Waals surface area contributed by atoms with Gasteiger partial charge in [-0.15, -0.1) is 0 Å². The van der Waals surface area contributed by atoms with E-state index in [-0.39, 0.29) is 10.8 Å². The van der Waals surface area contributed by atoms with Gasteiger partial charge in [-0.3, -0.25) is 0 Å². The van der Waals surface area contributed by atoms with Gasteiger partial charge in [-0.1, -0.05) is 24.6 Å². The molecule has 98 valence electrons. The van der Waals surface area contributed by atoms with E-state index in [1.165, 1.54) is 42.4 Å². The van der Waals surface area contributed by atoms with E-state index in [9.17, 15) is 5.26 Å². The molecular formula is C17H19NO. The zero-order valence-electron chi connectivity index (χ0n) is 11.2. The zero-order chi connectivity index (χ0) is 12.9. The lowest BCUT2D eigenvalue weighted by molar-refractivity contribution is -0.134. The van der Waals surface area contributed by atoms with Gasteiger partial charge in [0.1, 0.15) is 0 Å². The minimum absolute atomic E-state index is 0.0162. The van der Waals surface area contributed by atoms with Crippen molar-refractivity contribution in [1.29, 1.82) is 5.26 Å². The molecule has 0 amide bonds. The summed E-state index contributed by atoms with van der Waals surface area (Å²) in [5.74, 6) is 0. The molecule has 1 aromatic carbocycles. The highest BCUT2D eigenvalue weighted by molar-refractivity contribution is 5.43. The summed E-state index contributed by atoms with van der Waals surface area (Å²) in [5, 5.41) is 9.69. The van der Waals surface area contributed by atoms with Gasteiger partial charge in [0.15, 0.2) is 0 Å². The van der Waals surface area contributed by atoms with Crippen LogP contribution in [0.4, 0.5) is 0 Å². The van der Waals surface area contributed by atoms with Crippen molar-refractivity contribution in [3.8, 4) is 6.07 Å². The first kappa shape index (κ1) is 11.5. The summed E-state index contributed by atoms with van der Waals surface area (Å²) in [4.78, 5) is 0. The molecule has 0 N–H and O–H groups in total. The number of benzene rings is 1. The Morgan fingerprint density at radius 3 is 2.42 bits per heavy atom. The van der Waals surface area contributed by atoms with E-state index >= 15 is 0 Å². The largest absolute Gasteiger partial charge is 0.379 e. The van der Waals surface area contributed by atoms with Crippen LogP contribution in [0.3, 0.4) is 0 Å². The van der Waals surface area contributed by atoms with E-state index in [1.807, 2.05) is 0 Å². The summed E-state index contributed by atoms with van der Waals surface area (Å²) < 4.78 is 5.54. The lowest BCUT2D eigenvalue weighted by Crippen LogP contribution is -2.61. The fraction of sp³-hybridized carbons (Fsp3) is 0.588. The van der Waals surface area contributed by atoms with E-state index in [0.29, 0.717) is 0 Å². The number of nitrogens with zero attached hydrogens (tertiary/aromatic N) is 1. The molecule has 4 rings (SSSR count). The van der Waals surface area contributed by atoms with Crippen LogP contribution < -0.4 is 0 Å². The molecule has 0 bridgehead atoms. The van der Waals surface area contributed by atoms with Crippen LogP contribution in [-0.4, -0.2) is 13.2 Å². The predicted octanol–water partition coefficient (Wildman–Crippen LogP) is 3.14. The Balaban J connectivity index is 1.79. The van der Waals surface area contributed by atoms with Gasteiger partial charge in [0.25, 0.3) is 0 Å². The average Bonchev–Trinajstić information content (AvgIpc) is 2.78. The van der Waals surface area contributed by atoms with Gasteiger partial charge < -0.3 is 4.74 Å². The first-order valence-electron chi connectivity index (χ1n) is 7.41. The normalized spacial score (nSPS) is 25.8. The SMILES string of the molecule is N#CC1(C2(c3ccc4c(c3)CCC4)COC2)CCC1. The topological polar surface area (TPSA) is 33.0 Å². The number of hydrogen-bond acceptors (Lipinski definition) is 2. The molecular weight excluding hydrogens is 234 g/mol. The lowest BCUT2D eigenvalue weighted by atomic mass is 9.50. The Morgan fingerprint density at radius 1 is 1.05 bits per heavy atom. The maximum Gasteiger partial charge on any atom is 0.0715 e. The van der Waals surface area contributed by atoms with Crippen molar-refractivity contribution in [2.45, 2.75) is 43.9 Å². The quantitative estimate of drug-likeness (QED) is 0.811. The van der Waals surface area contributed by atoms with Crippen LogP contribution in [0.25, 0.3) is 0 Å². The Bertz CT molecular complexity index is 561. The van der Waals surface area contributed by atoms with Gasteiger partial charge in [-0.25, -0.2) is 0 Å². The molecule has 1 saturated carbocycles. The smallest absolute Gasteiger partial charge is 0.0715 e. The Labute approximate surface area is 114 Å². The van der Waals surface area contributed by atoms with Gasteiger partial charge in [-0.05, 0) is 48.8 Å². The molecule has 19 heavy (non-hydrogen) atoms. The number of rotatable bonds is 2. The molecule has 2 fully saturated rings. The van der Waals surface area contributed by atoms with Crippen LogP contribution in [-0.2, 0) is 23.0 Å². The summed E-state index contributed by atoms with van der Waals surface area (Å²) in [6, 6.07) is 9.58. The van der Waals surface area contributed by atoms with Gasteiger partial charge in [0.2, 0.25) is 0 Å². The molecule has 2 aliphatic carbocycles. The van der Waals surface area contributed by atoms with Crippen LogP contribution in [0.5, 0.6) is 0 Å². The summed E-state index contributed by atoms with van der Waals surface area (Å²) in [6.45, 7) is 1.47. The van der Waals surface area contributed by atoms with E-state index < -0.39 is 0 Å². The second kappa shape index (κ2) is 3.84. The van der Waals surface area contributed by atoms with Gasteiger partial charge in [0, 0.05) is 0 Å². The fourth-order valence-electron chi connectivity index (χ4n) is 4.12. The predicted molar refractivity (Wildman–Crippen MR) is 72.9 cm³/mol. The number of hydrogen-bond donors (Lipinski definition) is 0. The maximum absolute atomic E-state index is 9.69. The average molecular weight is 253 g/mol. The van der Waals surface area contributed by atoms with Crippen LogP contribution in [0, 0.1) is 16.7 Å². The standard InChI is InChI=1S/C17H19NO/c18-10-16(7-2-8-16)17(11-19-12-17)15-6-5-13-3-1-4-14(13)9-15/h5-6,9H,1-4,7-8,11-12H2. The molecule has 0 aromatic heterocycles. The van der Waals surface area contributed by atoms with Crippen molar-refractivity contribution in [2.24, 2.45) is 5.41 Å². The number of fused-ring (bicyclic) bond motifs is 1. The van der Waals surface area contributed by atoms with E-state index in [1.54, 1.807) is 0 Å². The highest BCUT2D eigenvalue weighted by Gasteiger charge is 2.60. The molecule has 0 radical (unpaired) electrons. The molecule has 0 spiro atoms. The first-order valence-corrected chi connectivity index (χ1v) is 7.41. The van der Waals surface area contributed by atoms with Crippen molar-refractivity contribution in [2.75, 3.05) is 13.2 Å². The molecule has 1 aliphatic heterocycles. The van der Waals surface area contributed by atoms with Crippen LogP contribution in [0.1, 0.15) is 42.4 Å². The second-order valence-electron chi connectivity index (χ2n) is 6.46. The van der Waals surface area contributed by atoms with Crippen molar-refractivity contribution in [1.82, 2.24) is 0 Å². The van der Waals surface area contributed by atoms with Crippen LogP contribution in [0.2, 0.25) is 0 Å². The molecule has 0 atom stereocenters. The van der Waals surface area contributed by atoms with Crippen LogP contribution >= 0.6 is 0 Å². The third-order valence-corrected chi connectivity index (χ3v) is 5.69. The van der Waals surface area contributed by atoms with Crippen LogP contribution in [0.15, 0.2) is 18.2 Å². The molecule has 0 unspecified atom stereocenters. The minimum Gasteiger partial charge on any atom is -0.379 e. The van der Waals surface area contributed by atoms with E-state index in [4.69, 9.17) is 4.74 Å². The minimum atomic E-state index is -0.155. The number of aryl methyl sites for hydroxylation is 2. The fourth-order valence-corrected chi connectivity index (χ4v) is 4.12. The second-order valence-corrected chi connectivity index (χ2v) is 6.46. The molecule has 1 heterocycles. The highest BCUT2D eigenvalue weighted by Crippen LogP contribution is 2.58. The van der Waals surface area contributed by atoms with Gasteiger partial charge in [-0.2, -0.15) is 5.26 Å². The third kappa shape index (κ3) is 1.34. The van der Waals surface area contributed by atoms with Crippen molar-refractivity contribution >= 4 is 0 Å². The highest BCUT2D eigenvalue weighted by atomic mass is 16.5. The third-order valence-electron chi connectivity index (χ3n) is 5.69. The van der Waals surface area contributed by atoms with Crippen molar-refractivity contribution in [3.05, 3.63) is 34.9 Å². The van der Waals surface area contributed by atoms with E-state index in [2.05, 4.69) is 24.3 Å². The first-order chi connectivity index (χ1) is 9.30. The number of nitriles is 1. The van der Waals surface area contributed by atoms with Gasteiger partial charge in [0.05, 0.1) is 30.1 Å². The summed E-state index contributed by atoms with van der Waals surface area (Å²) in [5.41, 5.74) is 4.21. The molecule has 3 aliphatic rings. The maximum atomic E-state index is 9.69. The number of ether oxygens (including phenoxy) is 1. The van der Waals surface area contributed by atoms with Crippen molar-refractivity contribution in [3.63, 3.8) is 0 Å². The van der Waals surface area contributed by atoms with Crippen molar-refractivity contribution < 1.29 is 4.74 Å². The Kier molecular flexibility index (Phi) is 2.32. The summed E-state index contributed by atoms with van der Waals surface area (Å²) in [7, 11) is 0. The molecule has 2 heteroatoms. The Hall–Kier alpha value is -1.33. The molecule has 1 saturated heterocycles. The Morgan fingerprint density at radius 2 is 1.84 bits per heavy atom. The monoisotopic (exact) mass is 253 g/mol. The molecule has 1 aromatic rings. The van der Waals surface area contributed by atoms with Gasteiger partial charge >= 0.3 is 0 Å². The lowest BCUT2D eigenvalue weighted by Gasteiger charge is -2.56. The zero-order valence-corrected chi connectivity index (χ0v) is 11.2. The summed E-state index contributed by atoms with van der Waals surface area (Å²) in [6.07, 6.45) is 7.00. The van der Waals surface area contributed by atoms with E-state index in [0.717, 1.165) is 26.1 Å². The molecule has 2 nitrogen and oxygen atoms in total.